The maximum absolute atomic E-state index is 12.3. The van der Waals surface area contributed by atoms with Gasteiger partial charge in [0.15, 0.2) is 6.29 Å². The SMILES string of the molecule is O=C(CCCC(=O)NCc1ccccc1-c1ccc([C@@H]2O[C@H](CSc3ccc(C(=O)O)cc3)C[C@H](c3ccc(CO)cc3)O2)cc1)NO. The van der Waals surface area contributed by atoms with Crippen LogP contribution in [0.2, 0.25) is 0 Å². The molecule has 11 heteroatoms. The Kier molecular flexibility index (Phi) is 12.4. The van der Waals surface area contributed by atoms with Crippen LogP contribution in [0, 0.1) is 0 Å². The monoisotopic (exact) mass is 670 g/mol. The number of carbonyl (C=O) groups excluding carboxylic acids is 2. The number of hydrogen-bond acceptors (Lipinski definition) is 8. The number of aliphatic hydroxyl groups is 1. The first-order chi connectivity index (χ1) is 23.3. The Hall–Kier alpha value is -4.52. The molecule has 5 N–H and O–H groups in total. The van der Waals surface area contributed by atoms with Gasteiger partial charge in [0.1, 0.15) is 0 Å². The number of thioether (sulfide) groups is 1. The van der Waals surface area contributed by atoms with Gasteiger partial charge in [-0.3, -0.25) is 14.8 Å². The number of hydroxylamine groups is 1. The predicted molar refractivity (Wildman–Crippen MR) is 180 cm³/mol. The summed E-state index contributed by atoms with van der Waals surface area (Å²) in [5.41, 5.74) is 7.36. The second kappa shape index (κ2) is 17.0. The van der Waals surface area contributed by atoms with Gasteiger partial charge in [0.05, 0.1) is 24.4 Å². The van der Waals surface area contributed by atoms with E-state index < -0.39 is 18.2 Å². The van der Waals surface area contributed by atoms with Gasteiger partial charge >= 0.3 is 5.97 Å². The van der Waals surface area contributed by atoms with Crippen molar-refractivity contribution in [2.45, 2.75) is 62.2 Å². The van der Waals surface area contributed by atoms with E-state index in [1.54, 1.807) is 41.5 Å². The van der Waals surface area contributed by atoms with Crippen molar-refractivity contribution in [3.05, 3.63) is 125 Å². The van der Waals surface area contributed by atoms with Gasteiger partial charge in [-0.1, -0.05) is 72.8 Å². The first kappa shape index (κ1) is 34.8. The highest BCUT2D eigenvalue weighted by Crippen LogP contribution is 2.40. The third kappa shape index (κ3) is 9.52. The zero-order valence-corrected chi connectivity index (χ0v) is 27.0. The van der Waals surface area contributed by atoms with Crippen molar-refractivity contribution in [3.8, 4) is 11.1 Å². The van der Waals surface area contributed by atoms with Crippen LogP contribution in [0.5, 0.6) is 0 Å². The molecule has 0 saturated carbocycles. The van der Waals surface area contributed by atoms with E-state index in [1.807, 2.05) is 72.8 Å². The van der Waals surface area contributed by atoms with Crippen LogP contribution in [0.4, 0.5) is 0 Å². The molecule has 2 amide bonds. The summed E-state index contributed by atoms with van der Waals surface area (Å²) < 4.78 is 13.0. The highest BCUT2D eigenvalue weighted by Gasteiger charge is 2.32. The van der Waals surface area contributed by atoms with Crippen molar-refractivity contribution in [1.82, 2.24) is 10.8 Å². The second-order valence-electron chi connectivity index (χ2n) is 11.4. The molecule has 0 aromatic heterocycles. The number of carboxylic acids is 1. The van der Waals surface area contributed by atoms with Crippen LogP contribution in [-0.2, 0) is 32.2 Å². The number of amides is 2. The molecule has 3 atom stereocenters. The van der Waals surface area contributed by atoms with Crippen LogP contribution in [0.15, 0.2) is 102 Å². The summed E-state index contributed by atoms with van der Waals surface area (Å²) in [5.74, 6) is -1.02. The van der Waals surface area contributed by atoms with E-state index in [0.717, 1.165) is 38.3 Å². The van der Waals surface area contributed by atoms with Crippen LogP contribution < -0.4 is 10.8 Å². The second-order valence-corrected chi connectivity index (χ2v) is 12.5. The molecule has 1 aliphatic rings. The van der Waals surface area contributed by atoms with Crippen molar-refractivity contribution in [1.29, 1.82) is 0 Å². The largest absolute Gasteiger partial charge is 0.478 e. The van der Waals surface area contributed by atoms with Gasteiger partial charge in [-0.05, 0) is 58.5 Å². The molecule has 1 aliphatic heterocycles. The van der Waals surface area contributed by atoms with E-state index in [9.17, 15) is 24.6 Å². The molecular weight excluding hydrogens is 632 g/mol. The van der Waals surface area contributed by atoms with E-state index in [1.165, 1.54) is 0 Å². The van der Waals surface area contributed by atoms with Crippen molar-refractivity contribution in [3.63, 3.8) is 0 Å². The van der Waals surface area contributed by atoms with Crippen LogP contribution in [0.25, 0.3) is 11.1 Å². The fourth-order valence-corrected chi connectivity index (χ4v) is 6.35. The third-order valence-corrected chi connectivity index (χ3v) is 9.22. The van der Waals surface area contributed by atoms with Crippen LogP contribution in [0.1, 0.15) is 70.7 Å². The smallest absolute Gasteiger partial charge is 0.335 e. The van der Waals surface area contributed by atoms with Gasteiger partial charge in [0.2, 0.25) is 11.8 Å². The third-order valence-electron chi connectivity index (χ3n) is 8.07. The minimum absolute atomic E-state index is 0.0369. The van der Waals surface area contributed by atoms with E-state index in [4.69, 9.17) is 14.7 Å². The maximum Gasteiger partial charge on any atom is 0.335 e. The van der Waals surface area contributed by atoms with Gasteiger partial charge in [-0.2, -0.15) is 0 Å². The zero-order valence-electron chi connectivity index (χ0n) is 26.2. The van der Waals surface area contributed by atoms with E-state index >= 15 is 0 Å². The Labute approximate surface area is 283 Å². The molecular formula is C37H38N2O8S. The molecule has 1 fully saturated rings. The Morgan fingerprint density at radius 1 is 0.812 bits per heavy atom. The van der Waals surface area contributed by atoms with Crippen molar-refractivity contribution in [2.24, 2.45) is 0 Å². The summed E-state index contributed by atoms with van der Waals surface area (Å²) in [6.45, 7) is 0.289. The number of carboxylic acid groups (broad SMARTS) is 1. The van der Waals surface area contributed by atoms with Gasteiger partial charge in [-0.25, -0.2) is 10.3 Å². The minimum Gasteiger partial charge on any atom is -0.478 e. The molecule has 0 bridgehead atoms. The Bertz CT molecular complexity index is 1680. The zero-order chi connectivity index (χ0) is 33.9. The molecule has 0 radical (unpaired) electrons. The maximum atomic E-state index is 12.3. The number of benzene rings is 4. The summed E-state index contributed by atoms with van der Waals surface area (Å²) in [6, 6.07) is 30.3. The fourth-order valence-electron chi connectivity index (χ4n) is 5.43. The van der Waals surface area contributed by atoms with Crippen molar-refractivity contribution < 1.29 is 39.3 Å². The average molecular weight is 671 g/mol. The number of hydrogen-bond donors (Lipinski definition) is 5. The van der Waals surface area contributed by atoms with Gasteiger partial charge in [0, 0.05) is 42.0 Å². The van der Waals surface area contributed by atoms with E-state index in [2.05, 4.69) is 5.32 Å². The molecule has 5 rings (SSSR count). The summed E-state index contributed by atoms with van der Waals surface area (Å²) in [4.78, 5) is 35.7. The highest BCUT2D eigenvalue weighted by atomic mass is 32.2. The first-order valence-electron chi connectivity index (χ1n) is 15.7. The molecule has 1 heterocycles. The van der Waals surface area contributed by atoms with Crippen molar-refractivity contribution in [2.75, 3.05) is 5.75 Å². The average Bonchev–Trinajstić information content (AvgIpc) is 3.13. The summed E-state index contributed by atoms with van der Waals surface area (Å²) >= 11 is 1.60. The first-order valence-corrected chi connectivity index (χ1v) is 16.7. The number of rotatable bonds is 14. The lowest BCUT2D eigenvalue weighted by atomic mass is 9.97. The number of aromatic carboxylic acids is 1. The van der Waals surface area contributed by atoms with Crippen LogP contribution >= 0.6 is 11.8 Å². The molecule has 0 aliphatic carbocycles. The number of nitrogens with one attached hydrogen (secondary N) is 2. The standard InChI is InChI=1S/C37H38N2O8S/c40-22-24-8-10-26(11-9-24)33-20-30(23-48-31-18-16-27(17-19-31)36(43)44)46-37(47-33)28-14-12-25(13-15-28)32-5-2-1-4-29(32)21-38-34(41)6-3-7-35(42)39-45/h1-2,4-5,8-19,30,33,37,40,45H,3,6-7,20-23H2,(H,38,41)(H,39,42)(H,43,44)/t30-,33+,37+/m0/s1. The van der Waals surface area contributed by atoms with Gasteiger partial charge in [-0.15, -0.1) is 11.8 Å². The molecule has 0 spiro atoms. The van der Waals surface area contributed by atoms with E-state index in [-0.39, 0.29) is 43.1 Å². The summed E-state index contributed by atoms with van der Waals surface area (Å²) in [6.07, 6.45) is 0.185. The van der Waals surface area contributed by atoms with Crippen LogP contribution in [-0.4, -0.2) is 45.1 Å². The molecule has 4 aromatic rings. The normalized spacial score (nSPS) is 17.4. The summed E-state index contributed by atoms with van der Waals surface area (Å²) in [7, 11) is 0. The Morgan fingerprint density at radius 2 is 1.50 bits per heavy atom. The van der Waals surface area contributed by atoms with Gasteiger partial charge < -0.3 is 25.0 Å². The predicted octanol–water partition coefficient (Wildman–Crippen LogP) is 6.17. The lowest BCUT2D eigenvalue weighted by molar-refractivity contribution is -0.245. The lowest BCUT2D eigenvalue weighted by Gasteiger charge is -2.36. The fraction of sp³-hybridized carbons (Fsp3) is 0.270. The minimum atomic E-state index is -0.961. The van der Waals surface area contributed by atoms with Gasteiger partial charge in [0.25, 0.3) is 0 Å². The van der Waals surface area contributed by atoms with E-state index in [0.29, 0.717) is 25.1 Å². The highest BCUT2D eigenvalue weighted by molar-refractivity contribution is 7.99. The molecule has 48 heavy (non-hydrogen) atoms. The van der Waals surface area contributed by atoms with Crippen LogP contribution in [0.3, 0.4) is 0 Å². The summed E-state index contributed by atoms with van der Waals surface area (Å²) in [5, 5.41) is 30.2. The Morgan fingerprint density at radius 3 is 2.19 bits per heavy atom. The topological polar surface area (TPSA) is 154 Å². The number of ether oxygens (including phenoxy) is 2. The van der Waals surface area contributed by atoms with Crippen molar-refractivity contribution >= 4 is 29.5 Å². The molecule has 250 valence electrons. The Balaban J connectivity index is 1.28. The molecule has 1 saturated heterocycles. The quantitative estimate of drug-likeness (QED) is 0.0602. The number of aliphatic hydroxyl groups excluding tert-OH is 1. The molecule has 4 aromatic carbocycles. The number of carbonyl (C=O) groups is 3. The lowest BCUT2D eigenvalue weighted by Crippen LogP contribution is -2.31. The molecule has 0 unspecified atom stereocenters. The molecule has 10 nitrogen and oxygen atoms in total.